The Morgan fingerprint density at radius 3 is 1.38 bits per heavy atom. The molecule has 10 heterocycles. The molecule has 0 saturated carbocycles. The number of nitrogens with one attached hydrogen (secondary N) is 3. The van der Waals surface area contributed by atoms with Gasteiger partial charge in [-0.3, -0.25) is 28.8 Å². The van der Waals surface area contributed by atoms with Gasteiger partial charge in [0.05, 0.1) is 22.5 Å². The number of benzene rings is 2. The van der Waals surface area contributed by atoms with Crippen molar-refractivity contribution >= 4 is 75.2 Å². The third kappa shape index (κ3) is 16.0. The van der Waals surface area contributed by atoms with Crippen LogP contribution >= 0.6 is 0 Å². The number of piperazine rings is 2. The van der Waals surface area contributed by atoms with Crippen molar-refractivity contribution in [2.24, 2.45) is 0 Å². The van der Waals surface area contributed by atoms with Gasteiger partial charge in [-0.05, 0) is 150 Å². The maximum atomic E-state index is 14.3. The van der Waals surface area contributed by atoms with Gasteiger partial charge in [-0.15, -0.1) is 10.2 Å². The van der Waals surface area contributed by atoms with E-state index in [-0.39, 0.29) is 147 Å². The predicted molar refractivity (Wildman–Crippen MR) is 367 cm³/mol. The molecule has 4 aliphatic rings. The van der Waals surface area contributed by atoms with Crippen LogP contribution in [0.15, 0.2) is 94.8 Å². The first kappa shape index (κ1) is 73.0. The highest BCUT2D eigenvalue weighted by Gasteiger charge is 2.36. The maximum Gasteiger partial charge on any atom is 0.416 e. The molecule has 28 nitrogen and oxygen atoms in total. The van der Waals surface area contributed by atoms with E-state index in [1.165, 1.54) is 72.1 Å². The summed E-state index contributed by atoms with van der Waals surface area (Å²) < 4.78 is 90.6. The largest absolute Gasteiger partial charge is 0.505 e. The Bertz CT molecular complexity index is 4810. The smallest absolute Gasteiger partial charge is 0.416 e. The van der Waals surface area contributed by atoms with E-state index in [1.807, 2.05) is 29.7 Å². The van der Waals surface area contributed by atoms with Gasteiger partial charge in [-0.25, -0.2) is 14.8 Å². The van der Waals surface area contributed by atoms with Gasteiger partial charge in [-0.1, -0.05) is 26.0 Å². The zero-order chi connectivity index (χ0) is 74.0. The summed E-state index contributed by atoms with van der Waals surface area (Å²) in [5.74, 6) is -1.61. The van der Waals surface area contributed by atoms with Crippen molar-refractivity contribution in [1.82, 2.24) is 68.3 Å². The first-order valence-corrected chi connectivity index (χ1v) is 33.3. The highest BCUT2D eigenvalue weighted by atomic mass is 19.4. The molecule has 8 aromatic rings. The molecular formula is C69H76F6N18O10. The molecule has 0 spiro atoms. The van der Waals surface area contributed by atoms with Crippen molar-refractivity contribution in [3.63, 3.8) is 0 Å². The zero-order valence-electron chi connectivity index (χ0n) is 57.4. The second-order valence-electron chi connectivity index (χ2n) is 25.9. The molecule has 5 amide bonds. The van der Waals surface area contributed by atoms with Crippen LogP contribution < -0.4 is 36.9 Å². The molecule has 0 unspecified atom stereocenters. The lowest BCUT2D eigenvalue weighted by Gasteiger charge is -2.36. The maximum absolute atomic E-state index is 14.3. The first-order valence-electron chi connectivity index (χ1n) is 33.3. The second kappa shape index (κ2) is 29.8. The number of fused-ring (bicyclic) bond motifs is 2. The lowest BCUT2D eigenvalue weighted by atomic mass is 10.1. The number of alkyl halides is 6. The number of rotatable bonds is 14. The molecule has 544 valence electrons. The standard InChI is InChI=1S/C37H42F3N9O6.C32H34F3N9O4/c1-6-26-30(45-16-18-46(19-17-45)32(52)29-27(50)8-7-13-41-29)33(53)49-34(43-31(44-49)23-11-14-47(15-12-23)35(54)55-36(3,4)5)48(26)21-28(51)42-25-10-9-24(20-22(25)2)37(38,39)40;1-3-23-27(41-13-15-42(16-14-41)29(47)26-24(45)5-4-10-37-26)30(48)44-31(39-28(40-44)20-8-11-36-12-9-20)43(23)18-25(46)38-22-7-6-21(17-19(22)2)32(33,34)35/h7-11,13,20,50H,6,12,14-19,21H2,1-5H3,(H,42,51);4-8,10,17,36,45H,3,9,11-16,18H2,1-2H3,(H,38,46). The Kier molecular flexibility index (Phi) is 21.1. The van der Waals surface area contributed by atoms with E-state index in [2.05, 4.69) is 36.1 Å². The number of aromatic nitrogens is 10. The van der Waals surface area contributed by atoms with E-state index in [0.29, 0.717) is 67.4 Å². The molecule has 0 atom stereocenters. The number of carbonyl (C=O) groups excluding carboxylic acids is 5. The number of hydrogen-bond acceptors (Lipinski definition) is 19. The average molecular weight is 1430 g/mol. The molecule has 103 heavy (non-hydrogen) atoms. The molecule has 2 saturated heterocycles. The van der Waals surface area contributed by atoms with Crippen LogP contribution in [0.25, 0.3) is 22.7 Å². The van der Waals surface area contributed by atoms with E-state index in [9.17, 15) is 70.1 Å². The predicted octanol–water partition coefficient (Wildman–Crippen LogP) is 7.37. The normalized spacial score (nSPS) is 15.4. The molecule has 2 aromatic carbocycles. The van der Waals surface area contributed by atoms with Crippen LogP contribution in [0.1, 0.15) is 114 Å². The first-order chi connectivity index (χ1) is 48.9. The molecule has 0 radical (unpaired) electrons. The Morgan fingerprint density at radius 2 is 1.02 bits per heavy atom. The van der Waals surface area contributed by atoms with Crippen molar-refractivity contribution in [2.75, 3.05) is 99.0 Å². The topological polar surface area (TPSA) is 317 Å². The molecular weight excluding hydrogens is 1350 g/mol. The van der Waals surface area contributed by atoms with E-state index in [1.54, 1.807) is 45.8 Å². The summed E-state index contributed by atoms with van der Waals surface area (Å²) in [7, 11) is 0. The minimum Gasteiger partial charge on any atom is -0.505 e. The van der Waals surface area contributed by atoms with Crippen molar-refractivity contribution in [2.45, 2.75) is 105 Å². The lowest BCUT2D eigenvalue weighted by molar-refractivity contribution is -0.138. The number of pyridine rings is 2. The fraction of sp³-hybridized carbons (Fsp3) is 0.406. The van der Waals surface area contributed by atoms with E-state index in [0.717, 1.165) is 34.4 Å². The fourth-order valence-corrected chi connectivity index (χ4v) is 12.6. The molecule has 6 aromatic heterocycles. The second-order valence-corrected chi connectivity index (χ2v) is 25.9. The van der Waals surface area contributed by atoms with Gasteiger partial charge in [0.1, 0.15) is 41.6 Å². The molecule has 2 fully saturated rings. The van der Waals surface area contributed by atoms with Gasteiger partial charge in [-0.2, -0.15) is 45.3 Å². The van der Waals surface area contributed by atoms with E-state index >= 15 is 0 Å². The quantitative estimate of drug-likeness (QED) is 0.0664. The number of nitrogens with zero attached hydrogens (tertiary/aromatic N) is 15. The van der Waals surface area contributed by atoms with Gasteiger partial charge in [0.25, 0.3) is 22.9 Å². The summed E-state index contributed by atoms with van der Waals surface area (Å²) in [6, 6.07) is 11.9. The fourth-order valence-electron chi connectivity index (χ4n) is 12.6. The van der Waals surface area contributed by atoms with E-state index in [4.69, 9.17) is 14.7 Å². The number of amides is 5. The van der Waals surface area contributed by atoms with Gasteiger partial charge < -0.3 is 64.5 Å². The number of hydrogen-bond donors (Lipinski definition) is 5. The van der Waals surface area contributed by atoms with Gasteiger partial charge >= 0.3 is 18.4 Å². The summed E-state index contributed by atoms with van der Waals surface area (Å²) in [6.45, 7) is 15.1. The van der Waals surface area contributed by atoms with Crippen molar-refractivity contribution in [3.05, 3.63) is 163 Å². The Labute approximate surface area is 584 Å². The number of ether oxygens (including phenoxy) is 1. The monoisotopic (exact) mass is 1430 g/mol. The molecule has 5 N–H and O–H groups in total. The Morgan fingerprint density at radius 1 is 0.583 bits per heavy atom. The van der Waals surface area contributed by atoms with Crippen LogP contribution in [-0.4, -0.2) is 187 Å². The summed E-state index contributed by atoms with van der Waals surface area (Å²) in [4.78, 5) is 120. The summed E-state index contributed by atoms with van der Waals surface area (Å²) in [6.07, 6.45) is -1.32. The SMILES string of the molecule is CCc1c(N2CCN(C(=O)c3ncccc3O)CC2)c(=O)n2nc(C3=CCN(C(=O)OC(C)(C)C)CC3)nc2n1CC(=O)Nc1ccc(C(F)(F)F)cc1C.CCc1c(N2CCN(C(=O)c3ncccc3O)CC2)c(=O)n2nc(C3=CCNCC3)nc2n1CC(=O)Nc1ccc(C(F)(F)F)cc1C. The molecule has 12 rings (SSSR count). The third-order valence-corrected chi connectivity index (χ3v) is 17.8. The minimum atomic E-state index is -4.55. The molecule has 0 bridgehead atoms. The summed E-state index contributed by atoms with van der Waals surface area (Å²) >= 11 is 0. The van der Waals surface area contributed by atoms with Crippen molar-refractivity contribution in [1.29, 1.82) is 0 Å². The Balaban J connectivity index is 0.000000208. The van der Waals surface area contributed by atoms with Crippen molar-refractivity contribution < 1.29 is 65.3 Å². The Hall–Kier alpha value is -11.2. The van der Waals surface area contributed by atoms with Crippen LogP contribution in [0, 0.1) is 13.8 Å². The average Bonchev–Trinajstić information content (AvgIpc) is 1.67. The van der Waals surface area contributed by atoms with Gasteiger partial charge in [0.15, 0.2) is 23.0 Å². The lowest BCUT2D eigenvalue weighted by Crippen LogP contribution is -2.51. The number of carbonyl (C=O) groups is 5. The number of anilines is 4. The highest BCUT2D eigenvalue weighted by Crippen LogP contribution is 2.35. The van der Waals surface area contributed by atoms with Crippen LogP contribution in [-0.2, 0) is 52.6 Å². The third-order valence-electron chi connectivity index (χ3n) is 17.8. The minimum absolute atomic E-state index is 0.0550. The van der Waals surface area contributed by atoms with Crippen LogP contribution in [0.5, 0.6) is 11.5 Å². The van der Waals surface area contributed by atoms with Crippen molar-refractivity contribution in [3.8, 4) is 11.5 Å². The van der Waals surface area contributed by atoms with E-state index < -0.39 is 69.9 Å². The molecule has 4 aliphatic heterocycles. The van der Waals surface area contributed by atoms with Crippen LogP contribution in [0.2, 0.25) is 0 Å². The van der Waals surface area contributed by atoms with Crippen LogP contribution in [0.3, 0.4) is 0 Å². The molecule has 34 heteroatoms. The summed E-state index contributed by atoms with van der Waals surface area (Å²) in [5, 5.41) is 38.1. The van der Waals surface area contributed by atoms with Gasteiger partial charge in [0, 0.05) is 95.8 Å². The number of aryl methyl sites for hydroxylation is 2. The zero-order valence-corrected chi connectivity index (χ0v) is 57.4. The summed E-state index contributed by atoms with van der Waals surface area (Å²) in [5.41, 5.74) is 0.593. The highest BCUT2D eigenvalue weighted by molar-refractivity contribution is 5.96. The number of aromatic hydroxyl groups is 2. The number of halogens is 6. The van der Waals surface area contributed by atoms with Crippen LogP contribution in [0.4, 0.5) is 53.9 Å². The van der Waals surface area contributed by atoms with Gasteiger partial charge in [0.2, 0.25) is 23.4 Å². The molecule has 0 aliphatic carbocycles.